The van der Waals surface area contributed by atoms with Crippen LogP contribution in [-0.4, -0.2) is 32.3 Å². The van der Waals surface area contributed by atoms with E-state index >= 15 is 0 Å². The number of furan rings is 1. The van der Waals surface area contributed by atoms with Gasteiger partial charge in [0, 0.05) is 29.5 Å². The maximum Gasteiger partial charge on any atom is 0.407 e. The van der Waals surface area contributed by atoms with Crippen molar-refractivity contribution < 1.29 is 18.7 Å². The minimum absolute atomic E-state index is 0.351. The van der Waals surface area contributed by atoms with Crippen LogP contribution in [0.15, 0.2) is 77.4 Å². The van der Waals surface area contributed by atoms with Gasteiger partial charge in [-0.3, -0.25) is 0 Å². The van der Waals surface area contributed by atoms with Crippen molar-refractivity contribution in [3.8, 4) is 16.9 Å². The zero-order chi connectivity index (χ0) is 26.5. The van der Waals surface area contributed by atoms with Crippen molar-refractivity contribution in [2.75, 3.05) is 0 Å². The van der Waals surface area contributed by atoms with Gasteiger partial charge in [0.15, 0.2) is 5.82 Å². The molecule has 1 amide bonds. The largest absolute Gasteiger partial charge is 0.489 e. The van der Waals surface area contributed by atoms with Gasteiger partial charge in [-0.05, 0) is 67.8 Å². The van der Waals surface area contributed by atoms with E-state index in [0.29, 0.717) is 25.4 Å². The molecule has 0 spiro atoms. The third-order valence-corrected chi connectivity index (χ3v) is 5.79. The predicted molar refractivity (Wildman–Crippen MR) is 142 cm³/mol. The average molecular weight is 512 g/mol. The van der Waals surface area contributed by atoms with Gasteiger partial charge in [-0.1, -0.05) is 41.6 Å². The first-order valence-corrected chi connectivity index (χ1v) is 12.3. The standard InChI is InChI=1S/C29H29N5O4/c1-29(2,3)38-28(35)30-17-19-7-6-9-21(13-19)24-15-20(14-23-11-12-36-27(23)24)18-37-25-10-5-4-8-22(25)16-26-31-33-34-32-26/h4-15H,16-18H2,1-3H3,(H,30,35)(H,31,32,33,34). The molecule has 3 aromatic carbocycles. The Morgan fingerprint density at radius 2 is 1.89 bits per heavy atom. The molecule has 0 saturated carbocycles. The second-order valence-corrected chi connectivity index (χ2v) is 9.94. The zero-order valence-electron chi connectivity index (χ0n) is 21.5. The maximum absolute atomic E-state index is 12.1. The normalized spacial score (nSPS) is 11.4. The number of rotatable bonds is 8. The zero-order valence-corrected chi connectivity index (χ0v) is 21.5. The van der Waals surface area contributed by atoms with Crippen molar-refractivity contribution in [2.24, 2.45) is 0 Å². The minimum atomic E-state index is -0.549. The van der Waals surface area contributed by atoms with Gasteiger partial charge in [-0.15, -0.1) is 10.2 Å². The number of benzene rings is 3. The fourth-order valence-corrected chi connectivity index (χ4v) is 4.16. The maximum atomic E-state index is 12.1. The van der Waals surface area contributed by atoms with E-state index in [1.54, 1.807) is 6.26 Å². The van der Waals surface area contributed by atoms with E-state index in [-0.39, 0.29) is 0 Å². The quantitative estimate of drug-likeness (QED) is 0.270. The smallest absolute Gasteiger partial charge is 0.407 e. The SMILES string of the molecule is CC(C)(C)OC(=O)NCc1cccc(-c2cc(COc3ccccc3Cc3nn[nH]n3)cc3ccoc23)c1. The number of H-pyrrole nitrogens is 1. The van der Waals surface area contributed by atoms with Crippen molar-refractivity contribution in [3.63, 3.8) is 0 Å². The number of nitrogens with one attached hydrogen (secondary N) is 2. The van der Waals surface area contributed by atoms with Crippen LogP contribution in [0.1, 0.15) is 43.3 Å². The molecule has 0 fully saturated rings. The Balaban J connectivity index is 1.35. The molecule has 5 rings (SSSR count). The van der Waals surface area contributed by atoms with Crippen LogP contribution in [0.2, 0.25) is 0 Å². The fourth-order valence-electron chi connectivity index (χ4n) is 4.16. The molecule has 0 aliphatic heterocycles. The molecule has 9 nitrogen and oxygen atoms in total. The van der Waals surface area contributed by atoms with Gasteiger partial charge in [-0.2, -0.15) is 5.21 Å². The Labute approximate surface area is 220 Å². The topological polar surface area (TPSA) is 115 Å². The first kappa shape index (κ1) is 25.0. The van der Waals surface area contributed by atoms with Crippen LogP contribution >= 0.6 is 0 Å². The highest BCUT2D eigenvalue weighted by Gasteiger charge is 2.16. The molecule has 2 N–H and O–H groups in total. The first-order chi connectivity index (χ1) is 18.3. The molecule has 0 saturated heterocycles. The number of amides is 1. The molecule has 9 heteroatoms. The van der Waals surface area contributed by atoms with Gasteiger partial charge in [0.25, 0.3) is 0 Å². The van der Waals surface area contributed by atoms with Gasteiger partial charge in [0.1, 0.15) is 23.5 Å². The number of carbonyl (C=O) groups is 1. The molecule has 5 aromatic rings. The number of aromatic nitrogens is 4. The summed E-state index contributed by atoms with van der Waals surface area (Å²) < 4.78 is 17.4. The van der Waals surface area contributed by atoms with Gasteiger partial charge in [0.05, 0.1) is 6.26 Å². The summed E-state index contributed by atoms with van der Waals surface area (Å²) in [6, 6.07) is 21.9. The Kier molecular flexibility index (Phi) is 7.08. The number of aromatic amines is 1. The summed E-state index contributed by atoms with van der Waals surface area (Å²) in [6.07, 6.45) is 1.76. The Bertz CT molecular complexity index is 1540. The summed E-state index contributed by atoms with van der Waals surface area (Å²) in [5, 5.41) is 18.0. The van der Waals surface area contributed by atoms with Crippen LogP contribution in [0.5, 0.6) is 5.75 Å². The van der Waals surface area contributed by atoms with Crippen LogP contribution < -0.4 is 10.1 Å². The second-order valence-electron chi connectivity index (χ2n) is 9.94. The van der Waals surface area contributed by atoms with E-state index in [9.17, 15) is 4.79 Å². The van der Waals surface area contributed by atoms with Gasteiger partial charge < -0.3 is 19.2 Å². The number of alkyl carbamates (subject to hydrolysis) is 1. The molecule has 0 bridgehead atoms. The number of fused-ring (bicyclic) bond motifs is 1. The molecule has 0 unspecified atom stereocenters. The van der Waals surface area contributed by atoms with Gasteiger partial charge >= 0.3 is 6.09 Å². The number of ether oxygens (including phenoxy) is 2. The molecule has 194 valence electrons. The van der Waals surface area contributed by atoms with Gasteiger partial charge in [-0.25, -0.2) is 4.79 Å². The summed E-state index contributed by atoms with van der Waals surface area (Å²) in [5.41, 5.74) is 5.10. The third kappa shape index (κ3) is 6.18. The number of carbonyl (C=O) groups excluding carboxylic acids is 1. The van der Waals surface area contributed by atoms with E-state index < -0.39 is 11.7 Å². The highest BCUT2D eigenvalue weighted by Crippen LogP contribution is 2.32. The summed E-state index contributed by atoms with van der Waals surface area (Å²) in [5.74, 6) is 1.37. The molecule has 2 heterocycles. The Hall–Kier alpha value is -4.66. The van der Waals surface area contributed by atoms with E-state index in [4.69, 9.17) is 13.9 Å². The molecular formula is C29H29N5O4. The molecule has 38 heavy (non-hydrogen) atoms. The van der Waals surface area contributed by atoms with Crippen molar-refractivity contribution in [2.45, 2.75) is 45.9 Å². The lowest BCUT2D eigenvalue weighted by Gasteiger charge is -2.19. The van der Waals surface area contributed by atoms with E-state index in [2.05, 4.69) is 38.1 Å². The fraction of sp³-hybridized carbons (Fsp3) is 0.241. The average Bonchev–Trinajstić information content (AvgIpc) is 3.58. The summed E-state index contributed by atoms with van der Waals surface area (Å²) in [6.45, 7) is 6.24. The first-order valence-electron chi connectivity index (χ1n) is 12.3. The van der Waals surface area contributed by atoms with Crippen LogP contribution in [0, 0.1) is 0 Å². The van der Waals surface area contributed by atoms with Crippen molar-refractivity contribution >= 4 is 17.1 Å². The highest BCUT2D eigenvalue weighted by molar-refractivity contribution is 5.93. The van der Waals surface area contributed by atoms with Crippen LogP contribution in [0.3, 0.4) is 0 Å². The summed E-state index contributed by atoms with van der Waals surface area (Å²) >= 11 is 0. The van der Waals surface area contributed by atoms with E-state index in [0.717, 1.165) is 44.5 Å². The lowest BCUT2D eigenvalue weighted by molar-refractivity contribution is 0.0523. The third-order valence-electron chi connectivity index (χ3n) is 5.79. The molecular weight excluding hydrogens is 482 g/mol. The van der Waals surface area contributed by atoms with E-state index in [1.165, 1.54) is 0 Å². The Morgan fingerprint density at radius 1 is 1.03 bits per heavy atom. The van der Waals surface area contributed by atoms with Gasteiger partial charge in [0.2, 0.25) is 0 Å². The molecule has 0 atom stereocenters. The predicted octanol–water partition coefficient (Wildman–Crippen LogP) is 5.81. The minimum Gasteiger partial charge on any atom is -0.489 e. The molecule has 2 aromatic heterocycles. The lowest BCUT2D eigenvalue weighted by atomic mass is 9.99. The number of hydrogen-bond donors (Lipinski definition) is 2. The van der Waals surface area contributed by atoms with Crippen LogP contribution in [-0.2, 0) is 24.3 Å². The summed E-state index contributed by atoms with van der Waals surface area (Å²) in [4.78, 5) is 12.1. The molecule has 0 aliphatic carbocycles. The number of para-hydroxylation sites is 1. The van der Waals surface area contributed by atoms with Crippen molar-refractivity contribution in [3.05, 3.63) is 95.5 Å². The number of tetrazole rings is 1. The van der Waals surface area contributed by atoms with Crippen LogP contribution in [0.4, 0.5) is 4.79 Å². The summed E-state index contributed by atoms with van der Waals surface area (Å²) in [7, 11) is 0. The van der Waals surface area contributed by atoms with Crippen molar-refractivity contribution in [1.82, 2.24) is 25.9 Å². The lowest BCUT2D eigenvalue weighted by Crippen LogP contribution is -2.32. The number of nitrogens with zero attached hydrogens (tertiary/aromatic N) is 3. The highest BCUT2D eigenvalue weighted by atomic mass is 16.6. The van der Waals surface area contributed by atoms with E-state index in [1.807, 2.05) is 75.4 Å². The molecule has 0 aliphatic rings. The molecule has 0 radical (unpaired) electrons. The number of hydrogen-bond acceptors (Lipinski definition) is 7. The monoisotopic (exact) mass is 511 g/mol. The Morgan fingerprint density at radius 3 is 2.71 bits per heavy atom. The van der Waals surface area contributed by atoms with Crippen LogP contribution in [0.25, 0.3) is 22.1 Å². The second kappa shape index (κ2) is 10.8. The van der Waals surface area contributed by atoms with Crippen molar-refractivity contribution in [1.29, 1.82) is 0 Å².